The van der Waals surface area contributed by atoms with E-state index in [9.17, 15) is 14.7 Å². The van der Waals surface area contributed by atoms with Crippen LogP contribution in [-0.4, -0.2) is 25.0 Å². The van der Waals surface area contributed by atoms with Gasteiger partial charge in [0, 0.05) is 6.10 Å². The molecule has 0 heterocycles. The zero-order chi connectivity index (χ0) is 7.44. The van der Waals surface area contributed by atoms with Crippen molar-refractivity contribution in [1.82, 2.24) is 0 Å². The van der Waals surface area contributed by atoms with Crippen LogP contribution in [0.2, 0.25) is 0 Å². The van der Waals surface area contributed by atoms with Gasteiger partial charge in [-0.1, -0.05) is 0 Å². The fourth-order valence-electron chi connectivity index (χ4n) is 0.273. The molecule has 0 saturated carbocycles. The van der Waals surface area contributed by atoms with E-state index >= 15 is 0 Å². The fraction of sp³-hybridized carbons (Fsp3) is 0.600. The molecule has 0 aromatic heterocycles. The zero-order valence-corrected chi connectivity index (χ0v) is 5.21. The lowest BCUT2D eigenvalue weighted by Crippen LogP contribution is -2.41. The third kappa shape index (κ3) is 2.23. The van der Waals surface area contributed by atoms with Crippen molar-refractivity contribution >= 4 is 11.8 Å². The maximum Gasteiger partial charge on any atom is 0.299 e. The SMILES string of the molecule is COC(=O)C([O-])C(C)=O. The summed E-state index contributed by atoms with van der Waals surface area (Å²) in [6, 6.07) is 0. The molecular formula is C5H7O4-. The van der Waals surface area contributed by atoms with Gasteiger partial charge in [0.2, 0.25) is 0 Å². The molecule has 0 bridgehead atoms. The number of hydrogen-bond donors (Lipinski definition) is 0. The Balaban J connectivity index is 3.88. The van der Waals surface area contributed by atoms with E-state index in [1.807, 2.05) is 0 Å². The summed E-state index contributed by atoms with van der Waals surface area (Å²) in [5, 5.41) is 10.3. The molecule has 1 atom stereocenters. The molecule has 0 saturated heterocycles. The van der Waals surface area contributed by atoms with Gasteiger partial charge in [-0.3, -0.25) is 4.79 Å². The van der Waals surface area contributed by atoms with Crippen LogP contribution in [0, 0.1) is 0 Å². The summed E-state index contributed by atoms with van der Waals surface area (Å²) in [4.78, 5) is 20.3. The summed E-state index contributed by atoms with van der Waals surface area (Å²) >= 11 is 0. The highest BCUT2D eigenvalue weighted by atomic mass is 16.5. The van der Waals surface area contributed by atoms with Gasteiger partial charge in [0.25, 0.3) is 5.97 Å². The zero-order valence-electron chi connectivity index (χ0n) is 5.21. The summed E-state index contributed by atoms with van der Waals surface area (Å²) in [7, 11) is 1.07. The molecule has 0 aliphatic rings. The van der Waals surface area contributed by atoms with Gasteiger partial charge in [-0.2, -0.15) is 0 Å². The Kier molecular flexibility index (Phi) is 2.87. The van der Waals surface area contributed by atoms with E-state index in [2.05, 4.69) is 4.74 Å². The number of ether oxygens (including phenoxy) is 1. The third-order valence-corrected chi connectivity index (χ3v) is 0.784. The van der Waals surface area contributed by atoms with E-state index in [-0.39, 0.29) is 0 Å². The lowest BCUT2D eigenvalue weighted by molar-refractivity contribution is -0.392. The van der Waals surface area contributed by atoms with Gasteiger partial charge in [-0.25, -0.2) is 0 Å². The first kappa shape index (κ1) is 8.10. The van der Waals surface area contributed by atoms with Crippen molar-refractivity contribution < 1.29 is 19.4 Å². The summed E-state index contributed by atoms with van der Waals surface area (Å²) in [6.07, 6.45) is -1.87. The van der Waals surface area contributed by atoms with Crippen LogP contribution >= 0.6 is 0 Å². The molecule has 1 unspecified atom stereocenters. The summed E-state index contributed by atoms with van der Waals surface area (Å²) < 4.78 is 4.00. The number of esters is 1. The first-order valence-electron chi connectivity index (χ1n) is 2.33. The second-order valence-electron chi connectivity index (χ2n) is 1.51. The van der Waals surface area contributed by atoms with Crippen molar-refractivity contribution in [3.8, 4) is 0 Å². The molecule has 0 N–H and O–H groups in total. The minimum absolute atomic E-state index is 0.721. The van der Waals surface area contributed by atoms with E-state index in [4.69, 9.17) is 0 Å². The Morgan fingerprint density at radius 1 is 1.56 bits per heavy atom. The maximum atomic E-state index is 10.3. The van der Waals surface area contributed by atoms with Crippen LogP contribution in [0.4, 0.5) is 0 Å². The van der Waals surface area contributed by atoms with E-state index in [1.165, 1.54) is 0 Å². The monoisotopic (exact) mass is 131 g/mol. The molecular weight excluding hydrogens is 124 g/mol. The Bertz CT molecular complexity index is 129. The number of carbonyl (C=O) groups is 2. The second-order valence-corrected chi connectivity index (χ2v) is 1.51. The van der Waals surface area contributed by atoms with Gasteiger partial charge in [0.15, 0.2) is 0 Å². The van der Waals surface area contributed by atoms with Crippen LogP contribution in [0.1, 0.15) is 6.92 Å². The molecule has 9 heavy (non-hydrogen) atoms. The largest absolute Gasteiger partial charge is 0.838 e. The normalized spacial score (nSPS) is 12.3. The van der Waals surface area contributed by atoms with Crippen molar-refractivity contribution in [3.05, 3.63) is 0 Å². The second kappa shape index (κ2) is 3.19. The third-order valence-electron chi connectivity index (χ3n) is 0.784. The quantitative estimate of drug-likeness (QED) is 0.337. The van der Waals surface area contributed by atoms with E-state index in [0.29, 0.717) is 0 Å². The molecule has 4 nitrogen and oxygen atoms in total. The first-order valence-corrected chi connectivity index (χ1v) is 2.33. The maximum absolute atomic E-state index is 10.3. The highest BCUT2D eigenvalue weighted by molar-refractivity contribution is 5.99. The van der Waals surface area contributed by atoms with Crippen LogP contribution in [0.5, 0.6) is 0 Å². The van der Waals surface area contributed by atoms with Gasteiger partial charge < -0.3 is 14.6 Å². The molecule has 0 spiro atoms. The van der Waals surface area contributed by atoms with Crippen molar-refractivity contribution in [2.24, 2.45) is 0 Å². The van der Waals surface area contributed by atoms with Gasteiger partial charge in [-0.05, 0) is 6.92 Å². The van der Waals surface area contributed by atoms with Crippen LogP contribution in [0.25, 0.3) is 0 Å². The molecule has 0 rings (SSSR count). The molecule has 0 fully saturated rings. The molecule has 4 heteroatoms. The minimum Gasteiger partial charge on any atom is -0.838 e. The van der Waals surface area contributed by atoms with Crippen molar-refractivity contribution in [1.29, 1.82) is 0 Å². The molecule has 0 aromatic rings. The number of ketones is 1. The van der Waals surface area contributed by atoms with Crippen LogP contribution in [0.3, 0.4) is 0 Å². The average molecular weight is 131 g/mol. The van der Waals surface area contributed by atoms with Crippen LogP contribution in [-0.2, 0) is 14.3 Å². The van der Waals surface area contributed by atoms with E-state index < -0.39 is 17.9 Å². The highest BCUT2D eigenvalue weighted by Gasteiger charge is 2.09. The number of carbonyl (C=O) groups excluding carboxylic acids is 2. The summed E-state index contributed by atoms with van der Waals surface area (Å²) in [5.74, 6) is -1.75. The smallest absolute Gasteiger partial charge is 0.299 e. The molecule has 0 aliphatic heterocycles. The lowest BCUT2D eigenvalue weighted by atomic mass is 10.3. The number of rotatable bonds is 2. The fourth-order valence-corrected chi connectivity index (χ4v) is 0.273. The van der Waals surface area contributed by atoms with E-state index in [0.717, 1.165) is 14.0 Å². The number of Topliss-reactive ketones (excluding diaryl/α,β-unsaturated/α-hetero) is 1. The predicted molar refractivity (Wildman–Crippen MR) is 26.5 cm³/mol. The Morgan fingerprint density at radius 2 is 2.00 bits per heavy atom. The standard InChI is InChI=1S/C5H7O4/c1-3(6)4(7)5(8)9-2/h4H,1-2H3/q-1. The number of hydrogen-bond acceptors (Lipinski definition) is 4. The van der Waals surface area contributed by atoms with Gasteiger partial charge in [0.1, 0.15) is 5.78 Å². The van der Waals surface area contributed by atoms with Crippen molar-refractivity contribution in [2.75, 3.05) is 7.11 Å². The highest BCUT2D eigenvalue weighted by Crippen LogP contribution is 1.82. The molecule has 0 aromatic carbocycles. The average Bonchev–Trinajstić information content (AvgIpc) is 1.84. The number of methoxy groups -OCH3 is 1. The van der Waals surface area contributed by atoms with Gasteiger partial charge in [-0.15, -0.1) is 0 Å². The minimum atomic E-state index is -1.87. The summed E-state index contributed by atoms with van der Waals surface area (Å²) in [6.45, 7) is 1.05. The van der Waals surface area contributed by atoms with Gasteiger partial charge in [0.05, 0.1) is 7.11 Å². The van der Waals surface area contributed by atoms with Crippen molar-refractivity contribution in [3.63, 3.8) is 0 Å². The van der Waals surface area contributed by atoms with Crippen LogP contribution < -0.4 is 5.11 Å². The topological polar surface area (TPSA) is 66.4 Å². The van der Waals surface area contributed by atoms with E-state index in [1.54, 1.807) is 0 Å². The lowest BCUT2D eigenvalue weighted by Gasteiger charge is -2.13. The molecule has 52 valence electrons. The first-order chi connectivity index (χ1) is 4.09. The summed E-state index contributed by atoms with van der Waals surface area (Å²) in [5.41, 5.74) is 0. The van der Waals surface area contributed by atoms with Crippen molar-refractivity contribution in [2.45, 2.75) is 13.0 Å². The van der Waals surface area contributed by atoms with Gasteiger partial charge >= 0.3 is 0 Å². The Morgan fingerprint density at radius 3 is 2.11 bits per heavy atom. The predicted octanol–water partition coefficient (Wildman–Crippen LogP) is -1.52. The Hall–Kier alpha value is -0.900. The van der Waals surface area contributed by atoms with Crippen LogP contribution in [0.15, 0.2) is 0 Å². The molecule has 0 radical (unpaired) electrons. The molecule has 0 amide bonds. The molecule has 0 aliphatic carbocycles. The Labute approximate surface area is 52.4 Å².